The Morgan fingerprint density at radius 2 is 2.16 bits per heavy atom. The highest BCUT2D eigenvalue weighted by molar-refractivity contribution is 7.99. The third-order valence-corrected chi connectivity index (χ3v) is 3.80. The number of hydrogen-bond donors (Lipinski definition) is 1. The van der Waals surface area contributed by atoms with Gasteiger partial charge in [0.2, 0.25) is 5.91 Å². The van der Waals surface area contributed by atoms with Crippen molar-refractivity contribution in [2.75, 3.05) is 19.5 Å². The van der Waals surface area contributed by atoms with Crippen LogP contribution in [0.4, 0.5) is 0 Å². The highest BCUT2D eigenvalue weighted by Crippen LogP contribution is 2.17. The fourth-order valence-corrected chi connectivity index (χ4v) is 2.72. The molecule has 0 bridgehead atoms. The summed E-state index contributed by atoms with van der Waals surface area (Å²) < 4.78 is 4.99. The SMILES string of the molecule is COCC(C)NC(=O)CSCc1cc(C)ccc1C. The van der Waals surface area contributed by atoms with E-state index in [2.05, 4.69) is 37.4 Å². The third kappa shape index (κ3) is 6.12. The van der Waals surface area contributed by atoms with Crippen LogP contribution in [0.2, 0.25) is 0 Å². The van der Waals surface area contributed by atoms with E-state index in [1.807, 2.05) is 6.92 Å². The predicted molar refractivity (Wildman–Crippen MR) is 81.6 cm³/mol. The minimum Gasteiger partial charge on any atom is -0.383 e. The number of benzene rings is 1. The Morgan fingerprint density at radius 3 is 2.84 bits per heavy atom. The van der Waals surface area contributed by atoms with Crippen molar-refractivity contribution < 1.29 is 9.53 Å². The number of amides is 1. The smallest absolute Gasteiger partial charge is 0.230 e. The molecule has 106 valence electrons. The summed E-state index contributed by atoms with van der Waals surface area (Å²) in [6.07, 6.45) is 0. The van der Waals surface area contributed by atoms with Crippen molar-refractivity contribution in [3.63, 3.8) is 0 Å². The lowest BCUT2D eigenvalue weighted by Crippen LogP contribution is -2.36. The number of nitrogens with one attached hydrogen (secondary N) is 1. The number of carbonyl (C=O) groups is 1. The van der Waals surface area contributed by atoms with Gasteiger partial charge < -0.3 is 10.1 Å². The molecule has 1 atom stereocenters. The molecule has 0 aromatic heterocycles. The molecule has 0 spiro atoms. The molecule has 0 saturated heterocycles. The van der Waals surface area contributed by atoms with Crippen LogP contribution in [0, 0.1) is 13.8 Å². The normalized spacial score (nSPS) is 12.2. The minimum atomic E-state index is 0.0683. The average molecular weight is 281 g/mol. The third-order valence-electron chi connectivity index (χ3n) is 2.82. The van der Waals surface area contributed by atoms with Crippen LogP contribution in [-0.4, -0.2) is 31.4 Å². The molecular weight excluding hydrogens is 258 g/mol. The molecule has 1 N–H and O–H groups in total. The quantitative estimate of drug-likeness (QED) is 0.835. The first-order valence-corrected chi connectivity index (χ1v) is 7.60. The zero-order valence-corrected chi connectivity index (χ0v) is 13.0. The van der Waals surface area contributed by atoms with Gasteiger partial charge in [-0.1, -0.05) is 23.8 Å². The monoisotopic (exact) mass is 281 g/mol. The first-order chi connectivity index (χ1) is 9.02. The van der Waals surface area contributed by atoms with E-state index in [9.17, 15) is 4.79 Å². The van der Waals surface area contributed by atoms with Gasteiger partial charge in [-0.3, -0.25) is 4.79 Å². The Hall–Kier alpha value is -1.00. The van der Waals surface area contributed by atoms with Crippen molar-refractivity contribution in [1.82, 2.24) is 5.32 Å². The molecule has 1 rings (SSSR count). The van der Waals surface area contributed by atoms with E-state index in [-0.39, 0.29) is 11.9 Å². The summed E-state index contributed by atoms with van der Waals surface area (Å²) in [7, 11) is 1.64. The standard InChI is InChI=1S/C15H23NO2S/c1-11-5-6-12(2)14(7-11)9-19-10-15(17)16-13(3)8-18-4/h5-7,13H,8-10H2,1-4H3,(H,16,17). The van der Waals surface area contributed by atoms with Crippen LogP contribution >= 0.6 is 11.8 Å². The molecule has 0 radical (unpaired) electrons. The van der Waals surface area contributed by atoms with Crippen molar-refractivity contribution in [1.29, 1.82) is 0 Å². The molecule has 0 aliphatic rings. The fourth-order valence-electron chi connectivity index (χ4n) is 1.82. The van der Waals surface area contributed by atoms with Gasteiger partial charge in [0.1, 0.15) is 0 Å². The second-order valence-electron chi connectivity index (χ2n) is 4.85. The summed E-state index contributed by atoms with van der Waals surface area (Å²) >= 11 is 1.64. The van der Waals surface area contributed by atoms with Gasteiger partial charge in [-0.25, -0.2) is 0 Å². The van der Waals surface area contributed by atoms with E-state index in [0.717, 1.165) is 5.75 Å². The Balaban J connectivity index is 2.33. The molecule has 4 heteroatoms. The van der Waals surface area contributed by atoms with E-state index in [0.29, 0.717) is 12.4 Å². The van der Waals surface area contributed by atoms with E-state index < -0.39 is 0 Å². The second kappa shape index (κ2) is 8.23. The molecule has 1 unspecified atom stereocenters. The lowest BCUT2D eigenvalue weighted by atomic mass is 10.1. The van der Waals surface area contributed by atoms with Gasteiger partial charge in [0.15, 0.2) is 0 Å². The zero-order valence-electron chi connectivity index (χ0n) is 12.2. The summed E-state index contributed by atoms with van der Waals surface area (Å²) in [6, 6.07) is 6.50. The maximum atomic E-state index is 11.7. The van der Waals surface area contributed by atoms with Crippen molar-refractivity contribution in [3.8, 4) is 0 Å². The number of carbonyl (C=O) groups excluding carboxylic acids is 1. The number of thioether (sulfide) groups is 1. The van der Waals surface area contributed by atoms with Crippen LogP contribution < -0.4 is 5.32 Å². The summed E-state index contributed by atoms with van der Waals surface area (Å²) in [5, 5.41) is 2.91. The van der Waals surface area contributed by atoms with E-state index >= 15 is 0 Å². The topological polar surface area (TPSA) is 38.3 Å². The lowest BCUT2D eigenvalue weighted by molar-refractivity contribution is -0.119. The Kier molecular flexibility index (Phi) is 6.95. The lowest BCUT2D eigenvalue weighted by Gasteiger charge is -2.12. The zero-order chi connectivity index (χ0) is 14.3. The van der Waals surface area contributed by atoms with Crippen LogP contribution in [0.15, 0.2) is 18.2 Å². The number of rotatable bonds is 7. The molecule has 0 saturated carbocycles. The molecule has 1 aromatic carbocycles. The van der Waals surface area contributed by atoms with Crippen LogP contribution in [-0.2, 0) is 15.3 Å². The Morgan fingerprint density at radius 1 is 1.42 bits per heavy atom. The van der Waals surface area contributed by atoms with Gasteiger partial charge in [-0.05, 0) is 31.9 Å². The number of aryl methyl sites for hydroxylation is 2. The van der Waals surface area contributed by atoms with Gasteiger partial charge in [0.25, 0.3) is 0 Å². The van der Waals surface area contributed by atoms with Gasteiger partial charge in [0, 0.05) is 18.9 Å². The first-order valence-electron chi connectivity index (χ1n) is 6.45. The van der Waals surface area contributed by atoms with Crippen LogP contribution in [0.1, 0.15) is 23.6 Å². The van der Waals surface area contributed by atoms with Gasteiger partial charge in [0.05, 0.1) is 12.4 Å². The van der Waals surface area contributed by atoms with Gasteiger partial charge in [-0.15, -0.1) is 11.8 Å². The summed E-state index contributed by atoms with van der Waals surface area (Å²) in [4.78, 5) is 11.7. The Labute approximate surface area is 120 Å². The molecule has 0 aliphatic carbocycles. The molecule has 0 fully saturated rings. The van der Waals surface area contributed by atoms with E-state index in [1.165, 1.54) is 16.7 Å². The average Bonchev–Trinajstić information content (AvgIpc) is 2.33. The van der Waals surface area contributed by atoms with Gasteiger partial charge in [-0.2, -0.15) is 0 Å². The van der Waals surface area contributed by atoms with Crippen molar-refractivity contribution in [3.05, 3.63) is 34.9 Å². The molecule has 19 heavy (non-hydrogen) atoms. The van der Waals surface area contributed by atoms with E-state index in [1.54, 1.807) is 18.9 Å². The van der Waals surface area contributed by atoms with Crippen LogP contribution in [0.5, 0.6) is 0 Å². The predicted octanol–water partition coefficient (Wildman–Crippen LogP) is 2.69. The second-order valence-corrected chi connectivity index (χ2v) is 5.83. The van der Waals surface area contributed by atoms with Crippen molar-refractivity contribution >= 4 is 17.7 Å². The highest BCUT2D eigenvalue weighted by atomic mass is 32.2. The molecule has 3 nitrogen and oxygen atoms in total. The highest BCUT2D eigenvalue weighted by Gasteiger charge is 2.07. The first kappa shape index (κ1) is 16.1. The van der Waals surface area contributed by atoms with Crippen LogP contribution in [0.3, 0.4) is 0 Å². The fraction of sp³-hybridized carbons (Fsp3) is 0.533. The maximum absolute atomic E-state index is 11.7. The van der Waals surface area contributed by atoms with E-state index in [4.69, 9.17) is 4.74 Å². The van der Waals surface area contributed by atoms with Crippen molar-refractivity contribution in [2.45, 2.75) is 32.6 Å². The van der Waals surface area contributed by atoms with Crippen LogP contribution in [0.25, 0.3) is 0 Å². The molecule has 0 aliphatic heterocycles. The minimum absolute atomic E-state index is 0.0683. The molecule has 0 heterocycles. The van der Waals surface area contributed by atoms with Gasteiger partial charge >= 0.3 is 0 Å². The van der Waals surface area contributed by atoms with Crippen molar-refractivity contribution in [2.24, 2.45) is 0 Å². The number of methoxy groups -OCH3 is 1. The number of ether oxygens (including phenoxy) is 1. The molecule has 1 aromatic rings. The molecule has 1 amide bonds. The Bertz CT molecular complexity index is 421. The maximum Gasteiger partial charge on any atom is 0.230 e. The number of hydrogen-bond acceptors (Lipinski definition) is 3. The molecular formula is C15H23NO2S. The largest absolute Gasteiger partial charge is 0.383 e. The summed E-state index contributed by atoms with van der Waals surface area (Å²) in [6.45, 7) is 6.69. The summed E-state index contributed by atoms with van der Waals surface area (Å²) in [5.74, 6) is 1.43. The summed E-state index contributed by atoms with van der Waals surface area (Å²) in [5.41, 5.74) is 3.85.